The van der Waals surface area contributed by atoms with Gasteiger partial charge in [-0.2, -0.15) is 0 Å². The molecule has 1 fully saturated rings. The number of nitrogens with one attached hydrogen (secondary N) is 2. The largest absolute Gasteiger partial charge is 0.494 e. The van der Waals surface area contributed by atoms with Gasteiger partial charge in [-0.3, -0.25) is 19.4 Å². The van der Waals surface area contributed by atoms with Gasteiger partial charge >= 0.3 is 0 Å². The highest BCUT2D eigenvalue weighted by Gasteiger charge is 2.21. The average Bonchev–Trinajstić information content (AvgIpc) is 2.73. The third kappa shape index (κ3) is 6.73. The zero-order valence-electron chi connectivity index (χ0n) is 17.1. The molecule has 0 aromatic heterocycles. The molecule has 8 heteroatoms. The first-order chi connectivity index (χ1) is 14.5. The van der Waals surface area contributed by atoms with Crippen molar-refractivity contribution in [3.63, 3.8) is 0 Å². The average molecular weight is 431 g/mol. The molecule has 2 amide bonds. The number of para-hydroxylation sites is 1. The number of carbonyl (C=O) groups excluding carboxylic acids is 2. The van der Waals surface area contributed by atoms with E-state index in [4.69, 9.17) is 16.3 Å². The monoisotopic (exact) mass is 430 g/mol. The van der Waals surface area contributed by atoms with Crippen molar-refractivity contribution in [3.8, 4) is 5.75 Å². The number of hydrogen-bond acceptors (Lipinski definition) is 5. The molecule has 0 unspecified atom stereocenters. The molecule has 1 aliphatic heterocycles. The van der Waals surface area contributed by atoms with Crippen molar-refractivity contribution in [3.05, 3.63) is 53.6 Å². The topological polar surface area (TPSA) is 73.9 Å². The van der Waals surface area contributed by atoms with Gasteiger partial charge < -0.3 is 15.4 Å². The van der Waals surface area contributed by atoms with Crippen molar-refractivity contribution in [2.45, 2.75) is 6.92 Å². The summed E-state index contributed by atoms with van der Waals surface area (Å²) in [6, 6.07) is 14.5. The second kappa shape index (κ2) is 11.0. The number of piperazine rings is 1. The van der Waals surface area contributed by atoms with Crippen LogP contribution in [0.4, 0.5) is 11.4 Å². The van der Waals surface area contributed by atoms with E-state index in [1.165, 1.54) is 0 Å². The molecule has 30 heavy (non-hydrogen) atoms. The van der Waals surface area contributed by atoms with E-state index >= 15 is 0 Å². The Hall–Kier alpha value is -2.61. The molecular formula is C22H27ClN4O3. The minimum absolute atomic E-state index is 0.0518. The summed E-state index contributed by atoms with van der Waals surface area (Å²) in [4.78, 5) is 28.7. The summed E-state index contributed by atoms with van der Waals surface area (Å²) >= 11 is 6.08. The molecule has 2 N–H and O–H groups in total. The van der Waals surface area contributed by atoms with Crippen LogP contribution in [-0.2, 0) is 9.59 Å². The quantitative estimate of drug-likeness (QED) is 0.673. The Kier molecular flexibility index (Phi) is 8.07. The number of amides is 2. The molecule has 1 aliphatic rings. The standard InChI is InChI=1S/C22H27ClN4O3/c1-2-30-18-9-7-17(8-10-18)24-21(28)15-26-11-13-27(14-12-26)16-22(29)25-20-6-4-3-5-19(20)23/h3-10H,2,11-16H2,1H3,(H,24,28)(H,25,29). The first-order valence-corrected chi connectivity index (χ1v) is 10.4. The highest BCUT2D eigenvalue weighted by atomic mass is 35.5. The number of benzene rings is 2. The number of anilines is 2. The predicted octanol–water partition coefficient (Wildman–Crippen LogP) is 2.93. The van der Waals surface area contributed by atoms with E-state index < -0.39 is 0 Å². The number of ether oxygens (including phenoxy) is 1. The maximum absolute atomic E-state index is 12.3. The molecule has 160 valence electrons. The molecule has 0 radical (unpaired) electrons. The van der Waals surface area contributed by atoms with Crippen molar-refractivity contribution in [1.29, 1.82) is 0 Å². The minimum Gasteiger partial charge on any atom is -0.494 e. The van der Waals surface area contributed by atoms with Gasteiger partial charge in [-0.05, 0) is 43.3 Å². The van der Waals surface area contributed by atoms with Gasteiger partial charge in [-0.15, -0.1) is 0 Å². The Bertz CT molecular complexity index is 852. The molecular weight excluding hydrogens is 404 g/mol. The van der Waals surface area contributed by atoms with E-state index in [0.717, 1.165) is 37.6 Å². The second-order valence-corrected chi connectivity index (χ2v) is 7.49. The summed E-state index contributed by atoms with van der Waals surface area (Å²) in [5.41, 5.74) is 1.37. The Morgan fingerprint density at radius 1 is 0.900 bits per heavy atom. The van der Waals surface area contributed by atoms with E-state index in [9.17, 15) is 9.59 Å². The summed E-state index contributed by atoms with van der Waals surface area (Å²) in [6.45, 7) is 6.09. The molecule has 2 aromatic rings. The fourth-order valence-corrected chi connectivity index (χ4v) is 3.45. The van der Waals surface area contributed by atoms with Crippen LogP contribution >= 0.6 is 11.6 Å². The van der Waals surface area contributed by atoms with Crippen LogP contribution < -0.4 is 15.4 Å². The maximum Gasteiger partial charge on any atom is 0.238 e. The number of hydrogen-bond donors (Lipinski definition) is 2. The van der Waals surface area contributed by atoms with Gasteiger partial charge in [0.15, 0.2) is 0 Å². The van der Waals surface area contributed by atoms with Crippen molar-refractivity contribution in [1.82, 2.24) is 9.80 Å². The molecule has 1 saturated heterocycles. The van der Waals surface area contributed by atoms with E-state index in [1.807, 2.05) is 43.3 Å². The van der Waals surface area contributed by atoms with Crippen molar-refractivity contribution >= 4 is 34.8 Å². The third-order valence-corrected chi connectivity index (χ3v) is 5.13. The van der Waals surface area contributed by atoms with Crippen LogP contribution in [0.15, 0.2) is 48.5 Å². The van der Waals surface area contributed by atoms with Crippen LogP contribution in [0.1, 0.15) is 6.92 Å². The van der Waals surface area contributed by atoms with Gasteiger partial charge in [0, 0.05) is 31.9 Å². The lowest BCUT2D eigenvalue weighted by Gasteiger charge is -2.33. The van der Waals surface area contributed by atoms with Crippen molar-refractivity contribution in [2.75, 3.05) is 56.5 Å². The lowest BCUT2D eigenvalue weighted by molar-refractivity contribution is -0.120. The highest BCUT2D eigenvalue weighted by Crippen LogP contribution is 2.20. The second-order valence-electron chi connectivity index (χ2n) is 7.09. The highest BCUT2D eigenvalue weighted by molar-refractivity contribution is 6.33. The number of carbonyl (C=O) groups is 2. The van der Waals surface area contributed by atoms with Gasteiger partial charge in [0.25, 0.3) is 0 Å². The van der Waals surface area contributed by atoms with Crippen molar-refractivity contribution < 1.29 is 14.3 Å². The Balaban J connectivity index is 1.38. The lowest BCUT2D eigenvalue weighted by Crippen LogP contribution is -2.50. The molecule has 2 aromatic carbocycles. The van der Waals surface area contributed by atoms with Crippen LogP contribution in [0, 0.1) is 0 Å². The van der Waals surface area contributed by atoms with E-state index in [-0.39, 0.29) is 11.8 Å². The molecule has 0 aliphatic carbocycles. The lowest BCUT2D eigenvalue weighted by atomic mass is 10.2. The van der Waals surface area contributed by atoms with Crippen LogP contribution in [0.5, 0.6) is 5.75 Å². The molecule has 0 spiro atoms. The van der Waals surface area contributed by atoms with Crippen LogP contribution in [0.25, 0.3) is 0 Å². The summed E-state index contributed by atoms with van der Waals surface area (Å²) in [5, 5.41) is 6.27. The maximum atomic E-state index is 12.3. The minimum atomic E-state index is -0.0928. The summed E-state index contributed by atoms with van der Waals surface area (Å²) in [5.74, 6) is 0.638. The van der Waals surface area contributed by atoms with Gasteiger partial charge in [0.1, 0.15) is 5.75 Å². The first-order valence-electron chi connectivity index (χ1n) is 10.1. The molecule has 0 saturated carbocycles. The van der Waals surface area contributed by atoms with Gasteiger partial charge in [-0.25, -0.2) is 0 Å². The number of nitrogens with zero attached hydrogens (tertiary/aromatic N) is 2. The molecule has 0 bridgehead atoms. The third-order valence-electron chi connectivity index (χ3n) is 4.80. The van der Waals surface area contributed by atoms with Gasteiger partial charge in [-0.1, -0.05) is 23.7 Å². The van der Waals surface area contributed by atoms with Crippen molar-refractivity contribution in [2.24, 2.45) is 0 Å². The normalized spacial score (nSPS) is 14.9. The first kappa shape index (κ1) is 22.1. The molecule has 3 rings (SSSR count). The smallest absolute Gasteiger partial charge is 0.238 e. The van der Waals surface area contributed by atoms with E-state index in [2.05, 4.69) is 20.4 Å². The van der Waals surface area contributed by atoms with Gasteiger partial charge in [0.2, 0.25) is 11.8 Å². The number of rotatable bonds is 8. The molecule has 0 atom stereocenters. The Morgan fingerprint density at radius 3 is 2.03 bits per heavy atom. The molecule has 1 heterocycles. The Morgan fingerprint density at radius 2 is 1.47 bits per heavy atom. The molecule has 7 nitrogen and oxygen atoms in total. The number of halogens is 1. The SMILES string of the molecule is CCOc1ccc(NC(=O)CN2CCN(CC(=O)Nc3ccccc3Cl)CC2)cc1. The van der Waals surface area contributed by atoms with Crippen LogP contribution in [0.3, 0.4) is 0 Å². The summed E-state index contributed by atoms with van der Waals surface area (Å²) in [6.07, 6.45) is 0. The Labute approximate surface area is 181 Å². The predicted molar refractivity (Wildman–Crippen MR) is 119 cm³/mol. The summed E-state index contributed by atoms with van der Waals surface area (Å²) < 4.78 is 5.40. The fourth-order valence-electron chi connectivity index (χ4n) is 3.27. The van der Waals surface area contributed by atoms with Gasteiger partial charge in [0.05, 0.1) is 30.4 Å². The van der Waals surface area contributed by atoms with Crippen LogP contribution in [-0.4, -0.2) is 67.5 Å². The van der Waals surface area contributed by atoms with E-state index in [1.54, 1.807) is 12.1 Å². The summed E-state index contributed by atoms with van der Waals surface area (Å²) in [7, 11) is 0. The zero-order chi connectivity index (χ0) is 21.3. The van der Waals surface area contributed by atoms with Crippen LogP contribution in [0.2, 0.25) is 5.02 Å². The zero-order valence-corrected chi connectivity index (χ0v) is 17.8. The van der Waals surface area contributed by atoms with E-state index in [0.29, 0.717) is 30.4 Å². The fraction of sp³-hybridized carbons (Fsp3) is 0.364.